The summed E-state index contributed by atoms with van der Waals surface area (Å²) in [5, 5.41) is 8.61. The molecule has 1 aromatic carbocycles. The summed E-state index contributed by atoms with van der Waals surface area (Å²) >= 11 is 3.54. The van der Waals surface area contributed by atoms with E-state index in [4.69, 9.17) is 5.11 Å². The van der Waals surface area contributed by atoms with Gasteiger partial charge in [-0.25, -0.2) is 4.79 Å². The van der Waals surface area contributed by atoms with Crippen molar-refractivity contribution in [3.05, 3.63) is 47.0 Å². The summed E-state index contributed by atoms with van der Waals surface area (Å²) in [5.74, 6) is -0.948. The Balaban J connectivity index is 3.04. The molecule has 4 heteroatoms. The molecule has 19 heavy (non-hydrogen) atoms. The van der Waals surface area contributed by atoms with Gasteiger partial charge >= 0.3 is 5.97 Å². The maximum atomic E-state index is 10.5. The lowest BCUT2D eigenvalue weighted by molar-refractivity contribution is -0.131. The van der Waals surface area contributed by atoms with Gasteiger partial charge in [-0.2, -0.15) is 0 Å². The van der Waals surface area contributed by atoms with Crippen LogP contribution >= 0.6 is 15.9 Å². The van der Waals surface area contributed by atoms with Crippen molar-refractivity contribution >= 4 is 33.7 Å². The first-order valence-electron chi connectivity index (χ1n) is 6.03. The maximum Gasteiger partial charge on any atom is 0.328 e. The number of carbonyl (C=O) groups is 1. The minimum Gasteiger partial charge on any atom is -0.478 e. The zero-order chi connectivity index (χ0) is 14.4. The molecular weight excluding hydrogens is 306 g/mol. The number of hydrogen-bond acceptors (Lipinski definition) is 2. The zero-order valence-corrected chi connectivity index (χ0v) is 12.7. The number of aliphatic carboxylic acids is 1. The second kappa shape index (κ2) is 7.14. The van der Waals surface area contributed by atoms with Crippen LogP contribution in [0, 0.1) is 0 Å². The highest BCUT2D eigenvalue weighted by Crippen LogP contribution is 2.29. The van der Waals surface area contributed by atoms with Gasteiger partial charge < -0.3 is 10.0 Å². The number of anilines is 1. The Labute approximate surface area is 122 Å². The molecule has 0 heterocycles. The smallest absolute Gasteiger partial charge is 0.328 e. The fourth-order valence-corrected chi connectivity index (χ4v) is 2.38. The van der Waals surface area contributed by atoms with Crippen LogP contribution in [0.25, 0.3) is 6.08 Å². The minimum atomic E-state index is -0.948. The van der Waals surface area contributed by atoms with Gasteiger partial charge in [0.1, 0.15) is 0 Å². The van der Waals surface area contributed by atoms with Crippen LogP contribution in [0.4, 0.5) is 5.69 Å². The summed E-state index contributed by atoms with van der Waals surface area (Å²) in [5.41, 5.74) is 1.92. The van der Waals surface area contributed by atoms with Gasteiger partial charge in [0.25, 0.3) is 0 Å². The van der Waals surface area contributed by atoms with Crippen molar-refractivity contribution in [2.24, 2.45) is 0 Å². The summed E-state index contributed by atoms with van der Waals surface area (Å²) in [7, 11) is 0. The van der Waals surface area contributed by atoms with Crippen molar-refractivity contribution in [2.75, 3.05) is 11.4 Å². The van der Waals surface area contributed by atoms with Gasteiger partial charge in [-0.3, -0.25) is 0 Å². The average molecular weight is 324 g/mol. The molecule has 0 spiro atoms. The van der Waals surface area contributed by atoms with Gasteiger partial charge in [0, 0.05) is 23.1 Å². The number of rotatable bonds is 6. The highest BCUT2D eigenvalue weighted by molar-refractivity contribution is 9.10. The lowest BCUT2D eigenvalue weighted by Gasteiger charge is -2.28. The summed E-state index contributed by atoms with van der Waals surface area (Å²) in [6.45, 7) is 8.77. The number of hydrogen-bond donors (Lipinski definition) is 1. The van der Waals surface area contributed by atoms with Gasteiger partial charge in [-0.15, -0.1) is 6.58 Å². The molecular formula is C15H18BrNO2. The fourth-order valence-electron chi connectivity index (χ4n) is 1.75. The van der Waals surface area contributed by atoms with E-state index in [0.29, 0.717) is 6.04 Å². The molecule has 0 aliphatic carbocycles. The molecule has 1 aromatic rings. The van der Waals surface area contributed by atoms with E-state index in [1.165, 1.54) is 0 Å². The van der Waals surface area contributed by atoms with Crippen LogP contribution in [0.2, 0.25) is 0 Å². The van der Waals surface area contributed by atoms with E-state index in [1.54, 1.807) is 6.08 Å². The molecule has 0 saturated carbocycles. The molecule has 1 N–H and O–H groups in total. The van der Waals surface area contributed by atoms with Gasteiger partial charge in [0.15, 0.2) is 0 Å². The summed E-state index contributed by atoms with van der Waals surface area (Å²) < 4.78 is 0.940. The number of benzene rings is 1. The van der Waals surface area contributed by atoms with Crippen molar-refractivity contribution in [1.29, 1.82) is 0 Å². The first kappa shape index (κ1) is 15.5. The van der Waals surface area contributed by atoms with Crippen molar-refractivity contribution < 1.29 is 9.90 Å². The molecule has 0 fully saturated rings. The van der Waals surface area contributed by atoms with E-state index >= 15 is 0 Å². The lowest BCUT2D eigenvalue weighted by Crippen LogP contribution is -2.31. The molecule has 0 atom stereocenters. The van der Waals surface area contributed by atoms with Crippen LogP contribution in [0.5, 0.6) is 0 Å². The van der Waals surface area contributed by atoms with E-state index in [2.05, 4.69) is 41.3 Å². The Morgan fingerprint density at radius 3 is 2.68 bits per heavy atom. The Morgan fingerprint density at radius 1 is 1.53 bits per heavy atom. The minimum absolute atomic E-state index is 0.356. The standard InChI is InChI=1S/C15H18BrNO2/c1-4-9-17(11(2)3)14-7-5-12(10-13(14)16)6-8-15(18)19/h4-8,10-11H,1,9H2,2-3H3,(H,18,19)/b8-6+. The van der Waals surface area contributed by atoms with Gasteiger partial charge in [0.2, 0.25) is 0 Å². The van der Waals surface area contributed by atoms with E-state index in [-0.39, 0.29) is 0 Å². The number of carboxylic acid groups (broad SMARTS) is 1. The molecule has 0 aliphatic rings. The predicted molar refractivity (Wildman–Crippen MR) is 83.5 cm³/mol. The maximum absolute atomic E-state index is 10.5. The normalized spacial score (nSPS) is 10.9. The van der Waals surface area contributed by atoms with Crippen molar-refractivity contribution in [3.63, 3.8) is 0 Å². The first-order chi connectivity index (χ1) is 8.95. The van der Waals surface area contributed by atoms with E-state index in [1.807, 2.05) is 24.3 Å². The molecule has 0 radical (unpaired) electrons. The molecule has 0 aliphatic heterocycles. The SMILES string of the molecule is C=CCN(c1ccc(/C=C/C(=O)O)cc1Br)C(C)C. The lowest BCUT2D eigenvalue weighted by atomic mass is 10.1. The van der Waals surface area contributed by atoms with Crippen LogP contribution in [0.15, 0.2) is 41.4 Å². The second-order valence-electron chi connectivity index (χ2n) is 4.42. The molecule has 0 bridgehead atoms. The van der Waals surface area contributed by atoms with Crippen molar-refractivity contribution in [3.8, 4) is 0 Å². The molecule has 0 amide bonds. The van der Waals surface area contributed by atoms with Gasteiger partial charge in [-0.05, 0) is 53.5 Å². The van der Waals surface area contributed by atoms with E-state index < -0.39 is 5.97 Å². The van der Waals surface area contributed by atoms with Crippen molar-refractivity contribution in [2.45, 2.75) is 19.9 Å². The van der Waals surface area contributed by atoms with Crippen LogP contribution in [0.1, 0.15) is 19.4 Å². The monoisotopic (exact) mass is 323 g/mol. The highest BCUT2D eigenvalue weighted by atomic mass is 79.9. The van der Waals surface area contributed by atoms with Gasteiger partial charge in [0.05, 0.1) is 5.69 Å². The van der Waals surface area contributed by atoms with Crippen LogP contribution in [0.3, 0.4) is 0 Å². The van der Waals surface area contributed by atoms with Crippen LogP contribution < -0.4 is 4.90 Å². The van der Waals surface area contributed by atoms with Crippen LogP contribution in [-0.4, -0.2) is 23.7 Å². The zero-order valence-electron chi connectivity index (χ0n) is 11.1. The summed E-state index contributed by atoms with van der Waals surface area (Å²) in [6.07, 6.45) is 4.57. The molecule has 102 valence electrons. The molecule has 0 unspecified atom stereocenters. The van der Waals surface area contributed by atoms with E-state index in [0.717, 1.165) is 28.3 Å². The number of halogens is 1. The third kappa shape index (κ3) is 4.56. The van der Waals surface area contributed by atoms with Gasteiger partial charge in [-0.1, -0.05) is 12.1 Å². The number of nitrogens with zero attached hydrogens (tertiary/aromatic N) is 1. The summed E-state index contributed by atoms with van der Waals surface area (Å²) in [4.78, 5) is 12.7. The van der Waals surface area contributed by atoms with Crippen LogP contribution in [-0.2, 0) is 4.79 Å². The first-order valence-corrected chi connectivity index (χ1v) is 6.83. The quantitative estimate of drug-likeness (QED) is 0.636. The Bertz CT molecular complexity index is 495. The fraction of sp³-hybridized carbons (Fsp3) is 0.267. The third-order valence-electron chi connectivity index (χ3n) is 2.65. The molecule has 0 saturated heterocycles. The molecule has 1 rings (SSSR count). The predicted octanol–water partition coefficient (Wildman–Crippen LogP) is 3.95. The summed E-state index contributed by atoms with van der Waals surface area (Å²) in [6, 6.07) is 6.15. The average Bonchev–Trinajstić information content (AvgIpc) is 2.34. The largest absolute Gasteiger partial charge is 0.478 e. The Morgan fingerprint density at radius 2 is 2.21 bits per heavy atom. The molecule has 3 nitrogen and oxygen atoms in total. The molecule has 0 aromatic heterocycles. The second-order valence-corrected chi connectivity index (χ2v) is 5.27. The highest BCUT2D eigenvalue weighted by Gasteiger charge is 2.12. The third-order valence-corrected chi connectivity index (χ3v) is 3.28. The Kier molecular flexibility index (Phi) is 5.83. The topological polar surface area (TPSA) is 40.5 Å². The van der Waals surface area contributed by atoms with Crippen molar-refractivity contribution in [1.82, 2.24) is 0 Å². The van der Waals surface area contributed by atoms with E-state index in [9.17, 15) is 4.79 Å². The number of carboxylic acids is 1. The Hall–Kier alpha value is -1.55.